The number of anilines is 1. The third-order valence-electron chi connectivity index (χ3n) is 4.80. The second-order valence-electron chi connectivity index (χ2n) is 6.39. The first-order chi connectivity index (χ1) is 9.70. The molecule has 2 aliphatic heterocycles. The molecule has 1 atom stereocenters. The van der Waals surface area contributed by atoms with Gasteiger partial charge in [0.1, 0.15) is 11.6 Å². The molecule has 0 amide bonds. The molecule has 0 fully saturated rings. The van der Waals surface area contributed by atoms with Crippen molar-refractivity contribution in [2.24, 2.45) is 0 Å². The van der Waals surface area contributed by atoms with E-state index in [0.717, 1.165) is 31.2 Å². The van der Waals surface area contributed by atoms with Gasteiger partial charge in [0.25, 0.3) is 0 Å². The second kappa shape index (κ2) is 4.08. The van der Waals surface area contributed by atoms with Crippen LogP contribution in [-0.4, -0.2) is 21.3 Å². The van der Waals surface area contributed by atoms with Gasteiger partial charge in [0.15, 0.2) is 0 Å². The Morgan fingerprint density at radius 2 is 2.10 bits per heavy atom. The van der Waals surface area contributed by atoms with Gasteiger partial charge in [-0.25, -0.2) is 0 Å². The summed E-state index contributed by atoms with van der Waals surface area (Å²) < 4.78 is 2.33. The van der Waals surface area contributed by atoms with Crippen LogP contribution < -0.4 is 5.32 Å². The van der Waals surface area contributed by atoms with E-state index in [0.29, 0.717) is 5.92 Å². The SMILES string of the molecule is CC(C)c1nnc2n1CCC1(CNc3ccccc31)C2. The van der Waals surface area contributed by atoms with Gasteiger partial charge in [-0.1, -0.05) is 32.0 Å². The van der Waals surface area contributed by atoms with E-state index >= 15 is 0 Å². The first-order valence-electron chi connectivity index (χ1n) is 7.45. The fraction of sp³-hybridized carbons (Fsp3) is 0.500. The van der Waals surface area contributed by atoms with Gasteiger partial charge < -0.3 is 9.88 Å². The van der Waals surface area contributed by atoms with Crippen molar-refractivity contribution in [3.05, 3.63) is 41.5 Å². The van der Waals surface area contributed by atoms with E-state index in [1.54, 1.807) is 0 Å². The highest BCUT2D eigenvalue weighted by Crippen LogP contribution is 2.44. The summed E-state index contributed by atoms with van der Waals surface area (Å²) in [6, 6.07) is 8.70. The second-order valence-corrected chi connectivity index (χ2v) is 6.39. The summed E-state index contributed by atoms with van der Waals surface area (Å²) in [7, 11) is 0. The number of nitrogens with one attached hydrogen (secondary N) is 1. The van der Waals surface area contributed by atoms with Crippen molar-refractivity contribution in [3.8, 4) is 0 Å². The third-order valence-corrected chi connectivity index (χ3v) is 4.80. The molecule has 4 nitrogen and oxygen atoms in total. The summed E-state index contributed by atoms with van der Waals surface area (Å²) in [4.78, 5) is 0. The summed E-state index contributed by atoms with van der Waals surface area (Å²) in [5, 5.41) is 12.4. The molecule has 20 heavy (non-hydrogen) atoms. The maximum atomic E-state index is 4.46. The number of aromatic nitrogens is 3. The fourth-order valence-electron chi connectivity index (χ4n) is 3.71. The lowest BCUT2D eigenvalue weighted by Crippen LogP contribution is -2.38. The van der Waals surface area contributed by atoms with Crippen LogP contribution in [-0.2, 0) is 18.4 Å². The lowest BCUT2D eigenvalue weighted by molar-refractivity contribution is 0.337. The Hall–Kier alpha value is -1.84. The van der Waals surface area contributed by atoms with E-state index in [1.807, 2.05) is 0 Å². The first-order valence-corrected chi connectivity index (χ1v) is 7.45. The summed E-state index contributed by atoms with van der Waals surface area (Å²) in [5.74, 6) is 2.73. The molecule has 1 unspecified atom stereocenters. The molecule has 4 rings (SSSR count). The van der Waals surface area contributed by atoms with Crippen molar-refractivity contribution in [1.82, 2.24) is 14.8 Å². The molecule has 1 N–H and O–H groups in total. The predicted molar refractivity (Wildman–Crippen MR) is 79.0 cm³/mol. The summed E-state index contributed by atoms with van der Waals surface area (Å²) in [6.07, 6.45) is 2.17. The normalized spacial score (nSPS) is 23.8. The molecule has 0 bridgehead atoms. The van der Waals surface area contributed by atoms with Crippen molar-refractivity contribution >= 4 is 5.69 Å². The van der Waals surface area contributed by atoms with Crippen LogP contribution in [0.15, 0.2) is 24.3 Å². The van der Waals surface area contributed by atoms with Gasteiger partial charge in [-0.15, -0.1) is 10.2 Å². The van der Waals surface area contributed by atoms with Crippen LogP contribution in [0, 0.1) is 0 Å². The van der Waals surface area contributed by atoms with Crippen LogP contribution in [0.3, 0.4) is 0 Å². The molecule has 1 aromatic heterocycles. The Labute approximate surface area is 119 Å². The average Bonchev–Trinajstić information content (AvgIpc) is 3.02. The molecule has 104 valence electrons. The minimum Gasteiger partial charge on any atom is -0.384 e. The van der Waals surface area contributed by atoms with E-state index < -0.39 is 0 Å². The maximum absolute atomic E-state index is 4.46. The van der Waals surface area contributed by atoms with Crippen molar-refractivity contribution < 1.29 is 0 Å². The Balaban J connectivity index is 1.75. The fourth-order valence-corrected chi connectivity index (χ4v) is 3.71. The predicted octanol–water partition coefficient (Wildman–Crippen LogP) is 2.71. The number of para-hydroxylation sites is 1. The number of rotatable bonds is 1. The van der Waals surface area contributed by atoms with Gasteiger partial charge in [0.05, 0.1) is 0 Å². The zero-order chi connectivity index (χ0) is 13.7. The number of fused-ring (bicyclic) bond motifs is 3. The zero-order valence-electron chi connectivity index (χ0n) is 12.1. The van der Waals surface area contributed by atoms with E-state index in [1.165, 1.54) is 17.7 Å². The van der Waals surface area contributed by atoms with Crippen LogP contribution in [0.5, 0.6) is 0 Å². The lowest BCUT2D eigenvalue weighted by atomic mass is 9.74. The molecule has 0 aliphatic carbocycles. The van der Waals surface area contributed by atoms with Gasteiger partial charge in [-0.3, -0.25) is 0 Å². The minimum absolute atomic E-state index is 0.216. The number of hydrogen-bond donors (Lipinski definition) is 1. The van der Waals surface area contributed by atoms with E-state index in [2.05, 4.69) is 58.2 Å². The monoisotopic (exact) mass is 268 g/mol. The molecule has 2 aliphatic rings. The summed E-state index contributed by atoms with van der Waals surface area (Å²) in [5.41, 5.74) is 2.97. The smallest absolute Gasteiger partial charge is 0.135 e. The molecule has 3 heterocycles. The van der Waals surface area contributed by atoms with Gasteiger partial charge in [-0.2, -0.15) is 0 Å². The van der Waals surface area contributed by atoms with Gasteiger partial charge in [-0.05, 0) is 18.1 Å². The van der Waals surface area contributed by atoms with Crippen LogP contribution >= 0.6 is 0 Å². The Bertz CT molecular complexity index is 658. The number of nitrogens with zero attached hydrogens (tertiary/aromatic N) is 3. The number of benzene rings is 1. The number of hydrogen-bond acceptors (Lipinski definition) is 3. The van der Waals surface area contributed by atoms with Crippen molar-refractivity contribution in [1.29, 1.82) is 0 Å². The quantitative estimate of drug-likeness (QED) is 0.864. The Morgan fingerprint density at radius 3 is 2.95 bits per heavy atom. The zero-order valence-corrected chi connectivity index (χ0v) is 12.1. The molecule has 0 radical (unpaired) electrons. The minimum atomic E-state index is 0.216. The Kier molecular flexibility index (Phi) is 2.43. The average molecular weight is 268 g/mol. The van der Waals surface area contributed by atoms with Gasteiger partial charge in [0.2, 0.25) is 0 Å². The maximum Gasteiger partial charge on any atom is 0.135 e. The highest BCUT2D eigenvalue weighted by atomic mass is 15.3. The topological polar surface area (TPSA) is 42.7 Å². The van der Waals surface area contributed by atoms with Crippen molar-refractivity contribution in [2.75, 3.05) is 11.9 Å². The molecule has 1 spiro atoms. The highest BCUT2D eigenvalue weighted by Gasteiger charge is 2.42. The van der Waals surface area contributed by atoms with Gasteiger partial charge >= 0.3 is 0 Å². The lowest BCUT2D eigenvalue weighted by Gasteiger charge is -2.34. The third kappa shape index (κ3) is 1.54. The van der Waals surface area contributed by atoms with Crippen molar-refractivity contribution in [2.45, 2.75) is 44.6 Å². The van der Waals surface area contributed by atoms with Crippen LogP contribution in [0.25, 0.3) is 0 Å². The largest absolute Gasteiger partial charge is 0.384 e. The molecule has 2 aromatic rings. The highest BCUT2D eigenvalue weighted by molar-refractivity contribution is 5.60. The molecule has 1 aromatic carbocycles. The van der Waals surface area contributed by atoms with Crippen LogP contribution in [0.1, 0.15) is 43.4 Å². The molecule has 0 saturated carbocycles. The Morgan fingerprint density at radius 1 is 1.25 bits per heavy atom. The van der Waals surface area contributed by atoms with Gasteiger partial charge in [0, 0.05) is 36.5 Å². The standard InChI is InChI=1S/C16H20N4/c1-11(2)15-19-18-14-9-16(7-8-20(14)15)10-17-13-6-4-3-5-12(13)16/h3-6,11,17H,7-10H2,1-2H3. The van der Waals surface area contributed by atoms with Crippen LogP contribution in [0.4, 0.5) is 5.69 Å². The molecular weight excluding hydrogens is 248 g/mol. The first kappa shape index (κ1) is 11.9. The summed E-state index contributed by atoms with van der Waals surface area (Å²) >= 11 is 0. The van der Waals surface area contributed by atoms with Crippen LogP contribution in [0.2, 0.25) is 0 Å². The molecule has 0 saturated heterocycles. The van der Waals surface area contributed by atoms with E-state index in [4.69, 9.17) is 0 Å². The van der Waals surface area contributed by atoms with E-state index in [9.17, 15) is 0 Å². The molecule has 4 heteroatoms. The van der Waals surface area contributed by atoms with E-state index in [-0.39, 0.29) is 5.41 Å². The molecular formula is C16H20N4. The summed E-state index contributed by atoms with van der Waals surface area (Å²) in [6.45, 7) is 6.43. The van der Waals surface area contributed by atoms with Crippen molar-refractivity contribution in [3.63, 3.8) is 0 Å².